The van der Waals surface area contributed by atoms with E-state index in [2.05, 4.69) is 294 Å². The highest BCUT2D eigenvalue weighted by molar-refractivity contribution is 6.14. The van der Waals surface area contributed by atoms with Gasteiger partial charge in [0.05, 0.1) is 56.5 Å². The maximum atomic E-state index is 10.9. The molecule has 0 aliphatic heterocycles. The molecule has 12 aromatic carbocycles. The lowest BCUT2D eigenvalue weighted by Crippen LogP contribution is -2.03. The number of aromatic nitrogens is 4. The van der Waals surface area contributed by atoms with Gasteiger partial charge >= 0.3 is 0 Å². The van der Waals surface area contributed by atoms with Crippen LogP contribution < -0.4 is 0 Å². The molecule has 0 bridgehead atoms. The molecule has 3 aromatic heterocycles. The first kappa shape index (κ1) is 48.0. The van der Waals surface area contributed by atoms with Crippen LogP contribution in [0.25, 0.3) is 145 Å². The van der Waals surface area contributed by atoms with Crippen LogP contribution in [0.2, 0.25) is 0 Å². The van der Waals surface area contributed by atoms with Crippen molar-refractivity contribution < 1.29 is 0 Å². The third-order valence-corrected chi connectivity index (χ3v) is 16.0. The molecule has 0 spiro atoms. The van der Waals surface area contributed by atoms with E-state index in [4.69, 9.17) is 9.97 Å². The van der Waals surface area contributed by atoms with Crippen molar-refractivity contribution in [2.45, 2.75) is 0 Å². The molecule has 0 saturated carbocycles. The predicted molar refractivity (Wildman–Crippen MR) is 339 cm³/mol. The van der Waals surface area contributed by atoms with Crippen molar-refractivity contribution in [2.75, 3.05) is 0 Å². The van der Waals surface area contributed by atoms with Crippen LogP contribution in [0.15, 0.2) is 297 Å². The van der Waals surface area contributed by atoms with E-state index in [1.807, 2.05) is 18.2 Å². The zero-order chi connectivity index (χ0) is 54.5. The number of fused-ring (bicyclic) bond motifs is 6. The van der Waals surface area contributed by atoms with E-state index in [0.717, 1.165) is 139 Å². The first-order chi connectivity index (χ1) is 40.6. The van der Waals surface area contributed by atoms with Gasteiger partial charge in [0.1, 0.15) is 0 Å². The first-order valence-corrected chi connectivity index (χ1v) is 27.7. The maximum absolute atomic E-state index is 10.9. The lowest BCUT2D eigenvalue weighted by molar-refractivity contribution is 1.15. The van der Waals surface area contributed by atoms with E-state index in [0.29, 0.717) is 11.4 Å². The smallest absolute Gasteiger partial charge is 0.160 e. The number of hydrogen-bond acceptors (Lipinski definition) is 3. The summed E-state index contributed by atoms with van der Waals surface area (Å²) >= 11 is 0. The fraction of sp³-hybridized carbons (Fsp3) is 0. The summed E-state index contributed by atoms with van der Waals surface area (Å²) in [5.41, 5.74) is 22.1. The molecule has 15 rings (SSSR count). The van der Waals surface area contributed by atoms with Gasteiger partial charge in [0.25, 0.3) is 0 Å². The molecule has 0 aliphatic rings. The molecule has 0 saturated heterocycles. The molecule has 3 heterocycles. The molecule has 0 radical (unpaired) electrons. The van der Waals surface area contributed by atoms with Gasteiger partial charge in [0, 0.05) is 49.4 Å². The molecule has 382 valence electrons. The normalized spacial score (nSPS) is 11.4. The zero-order valence-corrected chi connectivity index (χ0v) is 44.5. The van der Waals surface area contributed by atoms with Crippen molar-refractivity contribution in [3.05, 3.63) is 303 Å². The highest BCUT2D eigenvalue weighted by Crippen LogP contribution is 2.45. The maximum Gasteiger partial charge on any atom is 0.160 e. The standard InChI is InChI=1S/C77H49N5/c78-50-51-31-37-63(76(43-51)82-74-40-34-60(54-23-11-3-12-24-54)46-67(74)68-47-61(35-41-75(68)82)55-25-13-4-14-26-55)64-48-62(77-79-69(56-27-15-5-16-28-56)49-70(80-77)57-29-17-6-18-30-57)36-42-71(64)81-72-38-32-58(52-19-7-1-8-20-52)44-65(72)66-45-59(33-39-73(66)81)53-21-9-2-10-22-53/h1-49H. The molecule has 0 fully saturated rings. The van der Waals surface area contributed by atoms with E-state index < -0.39 is 0 Å². The van der Waals surface area contributed by atoms with Gasteiger partial charge in [0.15, 0.2) is 5.82 Å². The third-order valence-electron chi connectivity index (χ3n) is 16.0. The van der Waals surface area contributed by atoms with Crippen molar-refractivity contribution in [1.82, 2.24) is 19.1 Å². The summed E-state index contributed by atoms with van der Waals surface area (Å²) < 4.78 is 4.79. The highest BCUT2D eigenvalue weighted by Gasteiger charge is 2.24. The molecule has 0 amide bonds. The van der Waals surface area contributed by atoms with E-state index >= 15 is 0 Å². The third kappa shape index (κ3) is 8.51. The Morgan fingerprint density at radius 3 is 0.963 bits per heavy atom. The van der Waals surface area contributed by atoms with Gasteiger partial charge < -0.3 is 9.13 Å². The van der Waals surface area contributed by atoms with Crippen molar-refractivity contribution in [3.8, 4) is 107 Å². The van der Waals surface area contributed by atoms with Crippen LogP contribution in [0.3, 0.4) is 0 Å². The lowest BCUT2D eigenvalue weighted by Gasteiger charge is -2.20. The van der Waals surface area contributed by atoms with E-state index in [1.54, 1.807) is 0 Å². The van der Waals surface area contributed by atoms with Crippen LogP contribution in [0.5, 0.6) is 0 Å². The summed E-state index contributed by atoms with van der Waals surface area (Å²) in [6, 6.07) is 108. The zero-order valence-electron chi connectivity index (χ0n) is 44.5. The van der Waals surface area contributed by atoms with E-state index in [-0.39, 0.29) is 0 Å². The van der Waals surface area contributed by atoms with Crippen molar-refractivity contribution in [2.24, 2.45) is 0 Å². The van der Waals surface area contributed by atoms with E-state index in [9.17, 15) is 5.26 Å². The number of nitriles is 1. The van der Waals surface area contributed by atoms with Crippen LogP contribution in [0, 0.1) is 11.3 Å². The summed E-state index contributed by atoms with van der Waals surface area (Å²) in [4.78, 5) is 10.8. The lowest BCUT2D eigenvalue weighted by atomic mass is 9.96. The minimum Gasteiger partial charge on any atom is -0.309 e. The van der Waals surface area contributed by atoms with Gasteiger partial charge in [-0.15, -0.1) is 0 Å². The fourth-order valence-corrected chi connectivity index (χ4v) is 12.0. The fourth-order valence-electron chi connectivity index (χ4n) is 12.0. The Hall–Kier alpha value is -11.2. The van der Waals surface area contributed by atoms with Gasteiger partial charge in [-0.25, -0.2) is 9.97 Å². The second kappa shape index (κ2) is 20.2. The average Bonchev–Trinajstić information content (AvgIpc) is 3.58. The minimum atomic E-state index is 0.554. The van der Waals surface area contributed by atoms with Gasteiger partial charge in [-0.2, -0.15) is 5.26 Å². The Balaban J connectivity index is 1.04. The Morgan fingerprint density at radius 1 is 0.256 bits per heavy atom. The van der Waals surface area contributed by atoms with Crippen molar-refractivity contribution in [3.63, 3.8) is 0 Å². The largest absolute Gasteiger partial charge is 0.309 e. The molecular formula is C77H49N5. The average molecular weight is 1040 g/mol. The predicted octanol–water partition coefficient (Wildman–Crippen LogP) is 19.9. The van der Waals surface area contributed by atoms with Gasteiger partial charge in [0.2, 0.25) is 0 Å². The Labute approximate surface area is 475 Å². The summed E-state index contributed by atoms with van der Waals surface area (Å²) in [6.45, 7) is 0. The van der Waals surface area contributed by atoms with E-state index in [1.165, 1.54) is 0 Å². The highest BCUT2D eigenvalue weighted by atomic mass is 15.0. The SMILES string of the molecule is N#Cc1ccc(-c2cc(-c3nc(-c4ccccc4)cc(-c4ccccc4)n3)ccc2-n2c3ccc(-c4ccccc4)cc3c3cc(-c4ccccc4)ccc32)c(-n2c3ccc(-c4ccccc4)cc3c3cc(-c4ccccc4)ccc32)c1. The van der Waals surface area contributed by atoms with Crippen LogP contribution in [-0.2, 0) is 0 Å². The van der Waals surface area contributed by atoms with Crippen LogP contribution >= 0.6 is 0 Å². The number of benzene rings is 12. The number of rotatable bonds is 10. The van der Waals surface area contributed by atoms with Crippen molar-refractivity contribution >= 4 is 43.6 Å². The molecular weight excluding hydrogens is 995 g/mol. The summed E-state index contributed by atoms with van der Waals surface area (Å²) in [5, 5.41) is 15.4. The summed E-state index contributed by atoms with van der Waals surface area (Å²) in [5.74, 6) is 0.601. The summed E-state index contributed by atoms with van der Waals surface area (Å²) in [6.07, 6.45) is 0. The summed E-state index contributed by atoms with van der Waals surface area (Å²) in [7, 11) is 0. The molecule has 0 unspecified atom stereocenters. The number of hydrogen-bond donors (Lipinski definition) is 0. The quantitative estimate of drug-likeness (QED) is 0.137. The Morgan fingerprint density at radius 2 is 0.598 bits per heavy atom. The monoisotopic (exact) mass is 1040 g/mol. The Bertz CT molecular complexity index is 4690. The van der Waals surface area contributed by atoms with Crippen LogP contribution in [-0.4, -0.2) is 19.1 Å². The minimum absolute atomic E-state index is 0.554. The molecule has 0 aliphatic carbocycles. The first-order valence-electron chi connectivity index (χ1n) is 27.7. The molecule has 5 heteroatoms. The molecule has 0 atom stereocenters. The second-order valence-electron chi connectivity index (χ2n) is 20.8. The molecule has 82 heavy (non-hydrogen) atoms. The molecule has 0 N–H and O–H groups in total. The van der Waals surface area contributed by atoms with Gasteiger partial charge in [-0.1, -0.05) is 212 Å². The second-order valence-corrected chi connectivity index (χ2v) is 20.8. The Kier molecular flexibility index (Phi) is 11.8. The molecule has 15 aromatic rings. The van der Waals surface area contributed by atoms with Gasteiger partial charge in [-0.3, -0.25) is 0 Å². The van der Waals surface area contributed by atoms with Crippen LogP contribution in [0.4, 0.5) is 0 Å². The molecule has 5 nitrogen and oxygen atoms in total. The number of nitrogens with zero attached hydrogens (tertiary/aromatic N) is 5. The van der Waals surface area contributed by atoms with Crippen LogP contribution in [0.1, 0.15) is 5.56 Å². The topological polar surface area (TPSA) is 59.4 Å². The van der Waals surface area contributed by atoms with Crippen molar-refractivity contribution in [1.29, 1.82) is 5.26 Å². The van der Waals surface area contributed by atoms with Gasteiger partial charge in [-0.05, 0) is 129 Å².